The van der Waals surface area contributed by atoms with E-state index in [1.807, 2.05) is 18.3 Å². The van der Waals surface area contributed by atoms with Gasteiger partial charge in [0.1, 0.15) is 11.9 Å². The quantitative estimate of drug-likeness (QED) is 0.855. The molecule has 0 bridgehead atoms. The van der Waals surface area contributed by atoms with Crippen LogP contribution in [0.15, 0.2) is 45.7 Å². The Kier molecular flexibility index (Phi) is 3.34. The predicted octanol–water partition coefficient (Wildman–Crippen LogP) is 3.02. The van der Waals surface area contributed by atoms with Crippen molar-refractivity contribution in [3.63, 3.8) is 0 Å². The molecule has 1 atom stereocenters. The van der Waals surface area contributed by atoms with E-state index in [4.69, 9.17) is 9.15 Å². The SMILES string of the molecule is Brc1cncc(N2CCOC(c3ccco3)C2)c1. The van der Waals surface area contributed by atoms with Crippen LogP contribution >= 0.6 is 15.9 Å². The Balaban J connectivity index is 1.78. The van der Waals surface area contributed by atoms with E-state index in [9.17, 15) is 0 Å². The van der Waals surface area contributed by atoms with Crippen LogP contribution in [-0.2, 0) is 4.74 Å². The van der Waals surface area contributed by atoms with E-state index in [2.05, 4.69) is 31.9 Å². The summed E-state index contributed by atoms with van der Waals surface area (Å²) in [4.78, 5) is 6.45. The fraction of sp³-hybridized carbons (Fsp3) is 0.308. The molecule has 1 unspecified atom stereocenters. The van der Waals surface area contributed by atoms with E-state index >= 15 is 0 Å². The monoisotopic (exact) mass is 308 g/mol. The van der Waals surface area contributed by atoms with E-state index in [1.165, 1.54) is 0 Å². The molecule has 2 aromatic heterocycles. The minimum Gasteiger partial charge on any atom is -0.467 e. The summed E-state index contributed by atoms with van der Waals surface area (Å²) in [7, 11) is 0. The zero-order valence-electron chi connectivity index (χ0n) is 9.75. The number of aromatic nitrogens is 1. The summed E-state index contributed by atoms with van der Waals surface area (Å²) in [5.41, 5.74) is 1.10. The highest BCUT2D eigenvalue weighted by Crippen LogP contribution is 2.27. The van der Waals surface area contributed by atoms with Crippen LogP contribution in [0.3, 0.4) is 0 Å². The second-order valence-corrected chi connectivity index (χ2v) is 5.10. The molecule has 1 aliphatic heterocycles. The summed E-state index contributed by atoms with van der Waals surface area (Å²) in [6.45, 7) is 2.35. The molecule has 1 fully saturated rings. The highest BCUT2D eigenvalue weighted by atomic mass is 79.9. The maximum absolute atomic E-state index is 5.74. The highest BCUT2D eigenvalue weighted by molar-refractivity contribution is 9.10. The molecular weight excluding hydrogens is 296 g/mol. The van der Waals surface area contributed by atoms with Gasteiger partial charge in [-0.2, -0.15) is 0 Å². The van der Waals surface area contributed by atoms with E-state index in [0.717, 1.165) is 29.0 Å². The van der Waals surface area contributed by atoms with Gasteiger partial charge in [-0.1, -0.05) is 0 Å². The minimum atomic E-state index is -0.00673. The number of nitrogens with zero attached hydrogens (tertiary/aromatic N) is 2. The van der Waals surface area contributed by atoms with Crippen LogP contribution in [0.25, 0.3) is 0 Å². The molecule has 0 aliphatic carbocycles. The predicted molar refractivity (Wildman–Crippen MR) is 71.6 cm³/mol. The Morgan fingerprint density at radius 2 is 2.33 bits per heavy atom. The summed E-state index contributed by atoms with van der Waals surface area (Å²) in [6.07, 6.45) is 5.33. The van der Waals surface area contributed by atoms with Gasteiger partial charge in [0, 0.05) is 17.2 Å². The fourth-order valence-corrected chi connectivity index (χ4v) is 2.46. The van der Waals surface area contributed by atoms with Gasteiger partial charge in [0.2, 0.25) is 0 Å². The molecule has 0 saturated carbocycles. The number of rotatable bonds is 2. The molecule has 0 radical (unpaired) electrons. The van der Waals surface area contributed by atoms with Gasteiger partial charge < -0.3 is 14.1 Å². The molecule has 3 heterocycles. The fourth-order valence-electron chi connectivity index (χ4n) is 2.10. The van der Waals surface area contributed by atoms with Crippen molar-refractivity contribution < 1.29 is 9.15 Å². The molecule has 0 amide bonds. The largest absolute Gasteiger partial charge is 0.467 e. The normalized spacial score (nSPS) is 20.1. The first kappa shape index (κ1) is 11.7. The Bertz CT molecular complexity index is 515. The molecule has 4 nitrogen and oxygen atoms in total. The minimum absolute atomic E-state index is 0.00673. The first-order chi connectivity index (χ1) is 8.83. The lowest BCUT2D eigenvalue weighted by atomic mass is 10.2. The van der Waals surface area contributed by atoms with E-state index < -0.39 is 0 Å². The molecule has 18 heavy (non-hydrogen) atoms. The van der Waals surface area contributed by atoms with Crippen LogP contribution in [0.1, 0.15) is 11.9 Å². The maximum Gasteiger partial charge on any atom is 0.134 e. The lowest BCUT2D eigenvalue weighted by Gasteiger charge is -2.33. The zero-order valence-corrected chi connectivity index (χ0v) is 11.3. The lowest BCUT2D eigenvalue weighted by Crippen LogP contribution is -2.38. The molecule has 0 spiro atoms. The van der Waals surface area contributed by atoms with Crippen molar-refractivity contribution in [3.8, 4) is 0 Å². The van der Waals surface area contributed by atoms with Crippen LogP contribution < -0.4 is 4.90 Å². The summed E-state index contributed by atoms with van der Waals surface area (Å²) in [6, 6.07) is 5.91. The second kappa shape index (κ2) is 5.12. The topological polar surface area (TPSA) is 38.5 Å². The smallest absolute Gasteiger partial charge is 0.134 e. The van der Waals surface area contributed by atoms with Gasteiger partial charge in [-0.25, -0.2) is 0 Å². The third-order valence-corrected chi connectivity index (χ3v) is 3.42. The van der Waals surface area contributed by atoms with Crippen molar-refractivity contribution in [2.75, 3.05) is 24.6 Å². The van der Waals surface area contributed by atoms with E-state index in [0.29, 0.717) is 6.61 Å². The zero-order chi connectivity index (χ0) is 12.4. The van der Waals surface area contributed by atoms with E-state index in [-0.39, 0.29) is 6.10 Å². The van der Waals surface area contributed by atoms with Gasteiger partial charge in [0.15, 0.2) is 0 Å². The van der Waals surface area contributed by atoms with Gasteiger partial charge in [0.05, 0.1) is 31.3 Å². The first-order valence-corrected chi connectivity index (χ1v) is 6.63. The molecule has 1 aliphatic rings. The molecule has 3 rings (SSSR count). The number of hydrogen-bond donors (Lipinski definition) is 0. The van der Waals surface area contributed by atoms with Crippen molar-refractivity contribution in [1.29, 1.82) is 0 Å². The van der Waals surface area contributed by atoms with Gasteiger partial charge >= 0.3 is 0 Å². The molecule has 0 N–H and O–H groups in total. The Labute approximate surface area is 114 Å². The van der Waals surface area contributed by atoms with Crippen LogP contribution in [-0.4, -0.2) is 24.7 Å². The molecule has 94 valence electrons. The summed E-state index contributed by atoms with van der Waals surface area (Å²) < 4.78 is 12.1. The molecule has 1 saturated heterocycles. The lowest BCUT2D eigenvalue weighted by molar-refractivity contribution is 0.0257. The third-order valence-electron chi connectivity index (χ3n) is 2.98. The Morgan fingerprint density at radius 1 is 1.39 bits per heavy atom. The van der Waals surface area contributed by atoms with Crippen molar-refractivity contribution in [3.05, 3.63) is 47.1 Å². The van der Waals surface area contributed by atoms with Crippen LogP contribution in [0.4, 0.5) is 5.69 Å². The number of hydrogen-bond acceptors (Lipinski definition) is 4. The van der Waals surface area contributed by atoms with E-state index in [1.54, 1.807) is 12.5 Å². The number of halogens is 1. The van der Waals surface area contributed by atoms with Gasteiger partial charge in [0.25, 0.3) is 0 Å². The molecular formula is C13H13BrN2O2. The standard InChI is InChI=1S/C13H13BrN2O2/c14-10-6-11(8-15-7-10)16-3-5-18-13(9-16)12-2-1-4-17-12/h1-2,4,6-8,13H,3,5,9H2. The number of furan rings is 1. The number of morpholine rings is 1. The van der Waals surface area contributed by atoms with Crippen LogP contribution in [0.5, 0.6) is 0 Å². The number of ether oxygens (including phenoxy) is 1. The van der Waals surface area contributed by atoms with Crippen molar-refractivity contribution in [2.45, 2.75) is 6.10 Å². The van der Waals surface area contributed by atoms with Gasteiger partial charge in [-0.3, -0.25) is 4.98 Å². The van der Waals surface area contributed by atoms with Crippen LogP contribution in [0.2, 0.25) is 0 Å². The third kappa shape index (κ3) is 2.42. The second-order valence-electron chi connectivity index (χ2n) is 4.18. The number of anilines is 1. The molecule has 0 aromatic carbocycles. The number of pyridine rings is 1. The average molecular weight is 309 g/mol. The molecule has 5 heteroatoms. The first-order valence-electron chi connectivity index (χ1n) is 5.83. The Hall–Kier alpha value is -1.33. The molecule has 2 aromatic rings. The van der Waals surface area contributed by atoms with Gasteiger partial charge in [-0.15, -0.1) is 0 Å². The maximum atomic E-state index is 5.74. The van der Waals surface area contributed by atoms with Crippen molar-refractivity contribution in [1.82, 2.24) is 4.98 Å². The summed E-state index contributed by atoms with van der Waals surface area (Å²) in [5, 5.41) is 0. The van der Waals surface area contributed by atoms with Crippen molar-refractivity contribution in [2.24, 2.45) is 0 Å². The van der Waals surface area contributed by atoms with Crippen LogP contribution in [0, 0.1) is 0 Å². The van der Waals surface area contributed by atoms with Crippen molar-refractivity contribution >= 4 is 21.6 Å². The average Bonchev–Trinajstić information content (AvgIpc) is 2.93. The summed E-state index contributed by atoms with van der Waals surface area (Å²) in [5.74, 6) is 0.877. The highest BCUT2D eigenvalue weighted by Gasteiger charge is 2.24. The Morgan fingerprint density at radius 3 is 3.11 bits per heavy atom. The van der Waals surface area contributed by atoms with Gasteiger partial charge in [-0.05, 0) is 34.1 Å². The summed E-state index contributed by atoms with van der Waals surface area (Å²) >= 11 is 3.44.